The van der Waals surface area contributed by atoms with Gasteiger partial charge in [-0.3, -0.25) is 0 Å². The van der Waals surface area contributed by atoms with Crippen LogP contribution in [-0.4, -0.2) is 9.97 Å². The van der Waals surface area contributed by atoms with Gasteiger partial charge in [0.15, 0.2) is 11.4 Å². The third kappa shape index (κ3) is 6.50. The highest BCUT2D eigenvalue weighted by molar-refractivity contribution is 5.84. The van der Waals surface area contributed by atoms with Gasteiger partial charge in [-0.05, 0) is 12.1 Å². The van der Waals surface area contributed by atoms with E-state index in [0.717, 1.165) is 12.1 Å². The second kappa shape index (κ2) is 12.3. The molecule has 0 saturated heterocycles. The molecule has 0 radical (unpaired) electrons. The number of alkyl halides is 12. The lowest BCUT2D eigenvalue weighted by atomic mass is 9.91. The van der Waals surface area contributed by atoms with Crippen molar-refractivity contribution in [1.82, 2.24) is 9.97 Å². The predicted octanol–water partition coefficient (Wildman–Crippen LogP) is 5.48. The minimum absolute atomic E-state index is 0.131. The maximum atomic E-state index is 13.7. The summed E-state index contributed by atoms with van der Waals surface area (Å²) in [7, 11) is 0. The third-order valence-corrected chi connectivity index (χ3v) is 6.11. The SMILES string of the molecule is N#C/C(c1cc(C(F)(F)F)nc(C(F)(F)F)c1C#N)=c1/cc/c(=C(/C#N)c2cc(C(F)(F)F)nc(C(F)(F)F)c2C#N)c(C#N)c1C#N. The molecule has 3 rings (SSSR count). The molecule has 240 valence electrons. The Bertz CT molecular complexity index is 2090. The van der Waals surface area contributed by atoms with Crippen LogP contribution < -0.4 is 10.4 Å². The number of hydrogen-bond donors (Lipinski definition) is 0. The van der Waals surface area contributed by atoms with Crippen molar-refractivity contribution in [1.29, 1.82) is 31.6 Å². The van der Waals surface area contributed by atoms with E-state index in [9.17, 15) is 84.3 Å². The second-order valence-corrected chi connectivity index (χ2v) is 8.88. The molecule has 0 amide bonds. The number of rotatable bonds is 2. The van der Waals surface area contributed by atoms with E-state index in [-0.39, 0.29) is 12.1 Å². The maximum Gasteiger partial charge on any atom is 0.434 e. The smallest absolute Gasteiger partial charge is 0.237 e. The van der Waals surface area contributed by atoms with E-state index < -0.39 is 102 Å². The first-order valence-electron chi connectivity index (χ1n) is 11.8. The molecule has 2 aromatic heterocycles. The molecule has 3 aromatic rings. The fraction of sp³-hybridized carbons (Fsp3) is 0.143. The van der Waals surface area contributed by atoms with Crippen LogP contribution >= 0.6 is 0 Å². The number of pyridine rings is 2. The lowest BCUT2D eigenvalue weighted by molar-refractivity contribution is -0.151. The minimum Gasteiger partial charge on any atom is -0.237 e. The Morgan fingerprint density at radius 3 is 0.958 bits per heavy atom. The first-order chi connectivity index (χ1) is 22.1. The molecule has 0 aliphatic carbocycles. The van der Waals surface area contributed by atoms with Gasteiger partial charge < -0.3 is 0 Å². The lowest BCUT2D eigenvalue weighted by Gasteiger charge is -2.16. The summed E-state index contributed by atoms with van der Waals surface area (Å²) in [5.74, 6) is 0. The lowest BCUT2D eigenvalue weighted by Crippen LogP contribution is -2.25. The second-order valence-electron chi connectivity index (χ2n) is 8.88. The van der Waals surface area contributed by atoms with Crippen molar-refractivity contribution in [2.75, 3.05) is 0 Å². The summed E-state index contributed by atoms with van der Waals surface area (Å²) >= 11 is 0. The average Bonchev–Trinajstić information content (AvgIpc) is 2.99. The zero-order valence-corrected chi connectivity index (χ0v) is 22.4. The minimum atomic E-state index is -5.70. The van der Waals surface area contributed by atoms with Crippen LogP contribution in [0.2, 0.25) is 0 Å². The van der Waals surface area contributed by atoms with Gasteiger partial charge in [0, 0.05) is 21.6 Å². The van der Waals surface area contributed by atoms with E-state index in [1.54, 1.807) is 0 Å². The third-order valence-electron chi connectivity index (χ3n) is 6.11. The highest BCUT2D eigenvalue weighted by Gasteiger charge is 2.43. The Morgan fingerprint density at radius 2 is 0.750 bits per heavy atom. The summed E-state index contributed by atoms with van der Waals surface area (Å²) in [5, 5.41) is 56.3. The van der Waals surface area contributed by atoms with Gasteiger partial charge in [-0.2, -0.15) is 84.3 Å². The number of halogens is 12. The molecule has 0 spiro atoms. The summed E-state index contributed by atoms with van der Waals surface area (Å²) < 4.78 is 163. The van der Waals surface area contributed by atoms with Crippen molar-refractivity contribution in [3.63, 3.8) is 0 Å². The Kier molecular flexibility index (Phi) is 9.17. The molecule has 0 aliphatic rings. The summed E-state index contributed by atoms with van der Waals surface area (Å²) in [6.07, 6.45) is -22.6. The number of benzene rings is 1. The largest absolute Gasteiger partial charge is 0.434 e. The van der Waals surface area contributed by atoms with Crippen molar-refractivity contribution in [2.24, 2.45) is 0 Å². The number of nitriles is 6. The van der Waals surface area contributed by atoms with E-state index in [2.05, 4.69) is 9.97 Å². The normalized spacial score (nSPS) is 13.1. The van der Waals surface area contributed by atoms with Gasteiger partial charge in [0.1, 0.15) is 47.8 Å². The zero-order valence-electron chi connectivity index (χ0n) is 22.4. The van der Waals surface area contributed by atoms with Gasteiger partial charge in [0.2, 0.25) is 0 Å². The zero-order chi connectivity index (χ0) is 36.6. The maximum absolute atomic E-state index is 13.7. The monoisotopic (exact) mass is 680 g/mol. The van der Waals surface area contributed by atoms with E-state index in [4.69, 9.17) is 0 Å². The molecule has 0 atom stereocenters. The van der Waals surface area contributed by atoms with Crippen molar-refractivity contribution in [3.8, 4) is 36.4 Å². The van der Waals surface area contributed by atoms with E-state index in [1.807, 2.05) is 0 Å². The van der Waals surface area contributed by atoms with Gasteiger partial charge in [0.25, 0.3) is 0 Å². The number of aromatic nitrogens is 2. The van der Waals surface area contributed by atoms with E-state index in [0.29, 0.717) is 12.1 Å². The molecule has 8 nitrogen and oxygen atoms in total. The van der Waals surface area contributed by atoms with Crippen LogP contribution in [0.3, 0.4) is 0 Å². The molecule has 48 heavy (non-hydrogen) atoms. The molecule has 0 saturated carbocycles. The van der Waals surface area contributed by atoms with Crippen LogP contribution in [-0.2, 0) is 24.7 Å². The highest BCUT2D eigenvalue weighted by Crippen LogP contribution is 2.39. The van der Waals surface area contributed by atoms with Gasteiger partial charge in [-0.25, -0.2) is 9.97 Å². The molecule has 2 heterocycles. The molecule has 0 N–H and O–H groups in total. The molecular weight excluding hydrogens is 676 g/mol. The summed E-state index contributed by atoms with van der Waals surface area (Å²) in [6.45, 7) is 0. The first kappa shape index (κ1) is 35.8. The van der Waals surface area contributed by atoms with Gasteiger partial charge >= 0.3 is 24.7 Å². The van der Waals surface area contributed by atoms with E-state index in [1.165, 1.54) is 24.3 Å². The van der Waals surface area contributed by atoms with Crippen molar-refractivity contribution >= 4 is 11.1 Å². The molecule has 1 aromatic carbocycles. The van der Waals surface area contributed by atoms with Crippen molar-refractivity contribution in [2.45, 2.75) is 24.7 Å². The Hall–Kier alpha value is -6.64. The van der Waals surface area contributed by atoms with Gasteiger partial charge in [0.05, 0.1) is 33.4 Å². The predicted molar refractivity (Wildman–Crippen MR) is 129 cm³/mol. The highest BCUT2D eigenvalue weighted by atomic mass is 19.4. The quantitative estimate of drug-likeness (QED) is 0.321. The summed E-state index contributed by atoms with van der Waals surface area (Å²) in [4.78, 5) is 4.87. The standard InChI is InChI=1S/C28H4F12N8/c29-25(30,31)21-3-13(19(9-45)23(47-21)27(35,36)37)15(5-41)11-1-2-12(18(8-44)17(11)7-43)16(6-42)14-4-22(26(32,33)34)48-24(20(14)10-46)28(38,39)40/h1-4H/b15-11+,16-12+. The fourth-order valence-corrected chi connectivity index (χ4v) is 4.19. The summed E-state index contributed by atoms with van der Waals surface area (Å²) in [5.41, 5.74) is -20.0. The molecule has 0 unspecified atom stereocenters. The van der Waals surface area contributed by atoms with Crippen LogP contribution in [0.4, 0.5) is 52.7 Å². The van der Waals surface area contributed by atoms with Gasteiger partial charge in [-0.1, -0.05) is 12.1 Å². The first-order valence-corrected chi connectivity index (χ1v) is 11.8. The Labute approximate surface area is 257 Å². The molecule has 0 bridgehead atoms. The number of nitrogens with zero attached hydrogens (tertiary/aromatic N) is 8. The number of hydrogen-bond acceptors (Lipinski definition) is 8. The fourth-order valence-electron chi connectivity index (χ4n) is 4.19. The Balaban J connectivity index is 2.72. The van der Waals surface area contributed by atoms with Crippen molar-refractivity contribution < 1.29 is 52.7 Å². The van der Waals surface area contributed by atoms with Crippen LogP contribution in [0.5, 0.6) is 0 Å². The van der Waals surface area contributed by atoms with Crippen LogP contribution in [0.1, 0.15) is 56.2 Å². The van der Waals surface area contributed by atoms with Crippen molar-refractivity contribution in [3.05, 3.63) is 90.9 Å². The van der Waals surface area contributed by atoms with Crippen LogP contribution in [0.15, 0.2) is 24.3 Å². The topological polar surface area (TPSA) is 169 Å². The summed E-state index contributed by atoms with van der Waals surface area (Å²) in [6, 6.07) is 7.77. The molecule has 0 aliphatic heterocycles. The van der Waals surface area contributed by atoms with Gasteiger partial charge in [-0.15, -0.1) is 0 Å². The molecule has 0 fully saturated rings. The molecule has 20 heteroatoms. The van der Waals surface area contributed by atoms with Crippen LogP contribution in [0.25, 0.3) is 11.1 Å². The Morgan fingerprint density at radius 1 is 0.458 bits per heavy atom. The average molecular weight is 680 g/mol. The molecular formula is C28H4F12N8. The van der Waals surface area contributed by atoms with E-state index >= 15 is 0 Å². The van der Waals surface area contributed by atoms with Crippen LogP contribution in [0, 0.1) is 68.0 Å².